The summed E-state index contributed by atoms with van der Waals surface area (Å²) < 4.78 is 12.9. The summed E-state index contributed by atoms with van der Waals surface area (Å²) in [6.45, 7) is 0.842. The highest BCUT2D eigenvalue weighted by molar-refractivity contribution is 6.03. The van der Waals surface area contributed by atoms with E-state index in [1.807, 2.05) is 18.2 Å². The van der Waals surface area contributed by atoms with Crippen LogP contribution in [0.15, 0.2) is 67.0 Å². The van der Waals surface area contributed by atoms with Crippen molar-refractivity contribution in [2.75, 3.05) is 14.2 Å². The first-order chi connectivity index (χ1) is 13.7. The molecule has 0 aliphatic heterocycles. The van der Waals surface area contributed by atoms with Crippen molar-refractivity contribution in [3.8, 4) is 11.5 Å². The molecule has 0 spiro atoms. The number of hydrogen-bond acceptors (Lipinski definition) is 3. The van der Waals surface area contributed by atoms with E-state index < -0.39 is 0 Å². The standard InChI is InChI=1S/C24H24NO3.HI/c1-27-22-14-19-13-20(24(26)21(19)15-23(22)28-2)12-17-8-10-25(11-9-17)16-18-6-4-3-5-7-18;/h3-11,14-15,20H,12-13,16H2,1-2H3;1H/q+1;/p-1. The number of pyridine rings is 1. The molecule has 0 radical (unpaired) electrons. The van der Waals surface area contributed by atoms with Crippen LogP contribution in [0.25, 0.3) is 0 Å². The highest BCUT2D eigenvalue weighted by atomic mass is 127. The molecule has 5 heteroatoms. The number of Topliss-reactive ketones (excluding diaryl/α,β-unsaturated/α-hetero) is 1. The summed E-state index contributed by atoms with van der Waals surface area (Å²) in [6.07, 6.45) is 5.65. The summed E-state index contributed by atoms with van der Waals surface area (Å²) in [6, 6.07) is 18.4. The lowest BCUT2D eigenvalue weighted by atomic mass is 9.96. The lowest BCUT2D eigenvalue weighted by Crippen LogP contribution is -3.00. The van der Waals surface area contributed by atoms with Gasteiger partial charge < -0.3 is 33.5 Å². The number of ketones is 1. The second kappa shape index (κ2) is 9.39. The predicted octanol–water partition coefficient (Wildman–Crippen LogP) is 0.641. The first kappa shape index (κ1) is 21.3. The Labute approximate surface area is 188 Å². The number of hydrogen-bond donors (Lipinski definition) is 0. The maximum atomic E-state index is 12.9. The van der Waals surface area contributed by atoms with Gasteiger partial charge in [-0.05, 0) is 36.1 Å². The molecule has 1 aromatic heterocycles. The largest absolute Gasteiger partial charge is 1.00 e. The molecule has 0 N–H and O–H groups in total. The molecule has 0 fully saturated rings. The third-order valence-corrected chi connectivity index (χ3v) is 5.36. The third-order valence-electron chi connectivity index (χ3n) is 5.36. The molecule has 1 unspecified atom stereocenters. The van der Waals surface area contributed by atoms with E-state index in [4.69, 9.17) is 9.47 Å². The molecule has 1 aliphatic carbocycles. The first-order valence-corrected chi connectivity index (χ1v) is 9.49. The van der Waals surface area contributed by atoms with Gasteiger partial charge in [-0.15, -0.1) is 0 Å². The maximum Gasteiger partial charge on any atom is 0.173 e. The highest BCUT2D eigenvalue weighted by Gasteiger charge is 2.32. The minimum Gasteiger partial charge on any atom is -1.00 e. The molecular formula is C24H24INO3. The molecule has 3 aromatic rings. The first-order valence-electron chi connectivity index (χ1n) is 9.49. The van der Waals surface area contributed by atoms with Crippen molar-refractivity contribution in [3.63, 3.8) is 0 Å². The Morgan fingerprint density at radius 1 is 0.931 bits per heavy atom. The Morgan fingerprint density at radius 2 is 1.59 bits per heavy atom. The van der Waals surface area contributed by atoms with Crippen molar-refractivity contribution < 1.29 is 42.8 Å². The number of halogens is 1. The number of aromatic nitrogens is 1. The van der Waals surface area contributed by atoms with E-state index in [-0.39, 0.29) is 35.7 Å². The lowest BCUT2D eigenvalue weighted by molar-refractivity contribution is -0.688. The molecule has 0 saturated heterocycles. The minimum absolute atomic E-state index is 0. The van der Waals surface area contributed by atoms with Crippen LogP contribution in [0.3, 0.4) is 0 Å². The molecule has 4 rings (SSSR count). The van der Waals surface area contributed by atoms with Crippen LogP contribution in [0.4, 0.5) is 0 Å². The molecular weight excluding hydrogens is 477 g/mol. The topological polar surface area (TPSA) is 39.4 Å². The fourth-order valence-corrected chi connectivity index (χ4v) is 3.87. The quantitative estimate of drug-likeness (QED) is 0.368. The zero-order valence-electron chi connectivity index (χ0n) is 16.6. The number of benzene rings is 2. The van der Waals surface area contributed by atoms with E-state index in [2.05, 4.69) is 53.4 Å². The Bertz CT molecular complexity index is 987. The Kier molecular flexibility index (Phi) is 6.90. The number of carbonyl (C=O) groups excluding carboxylic acids is 1. The molecule has 1 heterocycles. The van der Waals surface area contributed by atoms with Crippen LogP contribution >= 0.6 is 0 Å². The number of carbonyl (C=O) groups is 1. The normalized spacial score (nSPS) is 14.8. The molecule has 150 valence electrons. The Balaban J connectivity index is 0.00000240. The number of fused-ring (bicyclic) bond motifs is 1. The van der Waals surface area contributed by atoms with E-state index >= 15 is 0 Å². The van der Waals surface area contributed by atoms with Crippen LogP contribution in [-0.2, 0) is 19.4 Å². The van der Waals surface area contributed by atoms with E-state index in [9.17, 15) is 4.79 Å². The van der Waals surface area contributed by atoms with Crippen LogP contribution in [-0.4, -0.2) is 20.0 Å². The van der Waals surface area contributed by atoms with Crippen molar-refractivity contribution >= 4 is 5.78 Å². The molecule has 29 heavy (non-hydrogen) atoms. The van der Waals surface area contributed by atoms with Crippen LogP contribution in [0.5, 0.6) is 11.5 Å². The summed E-state index contributed by atoms with van der Waals surface area (Å²) in [4.78, 5) is 12.9. The van der Waals surface area contributed by atoms with Crippen LogP contribution in [0, 0.1) is 5.92 Å². The smallest absolute Gasteiger partial charge is 0.173 e. The molecule has 4 nitrogen and oxygen atoms in total. The zero-order valence-corrected chi connectivity index (χ0v) is 18.8. The maximum absolute atomic E-state index is 12.9. The van der Waals surface area contributed by atoms with Crippen molar-refractivity contribution in [3.05, 3.63) is 89.2 Å². The van der Waals surface area contributed by atoms with Crippen molar-refractivity contribution in [2.24, 2.45) is 5.92 Å². The van der Waals surface area contributed by atoms with Gasteiger partial charge in [-0.1, -0.05) is 30.3 Å². The van der Waals surface area contributed by atoms with E-state index in [0.717, 1.165) is 30.5 Å². The van der Waals surface area contributed by atoms with Gasteiger partial charge in [0.25, 0.3) is 0 Å². The van der Waals surface area contributed by atoms with Gasteiger partial charge in [-0.2, -0.15) is 0 Å². The van der Waals surface area contributed by atoms with Crippen LogP contribution < -0.4 is 38.0 Å². The van der Waals surface area contributed by atoms with Gasteiger partial charge in [0.2, 0.25) is 0 Å². The van der Waals surface area contributed by atoms with Gasteiger partial charge in [-0.3, -0.25) is 4.79 Å². The Hall–Kier alpha value is -2.41. The SMILES string of the molecule is COc1cc2c(cc1OC)C(=O)C(Cc1cc[n+](Cc3ccccc3)cc1)C2.[I-]. The van der Waals surface area contributed by atoms with Crippen LogP contribution in [0.2, 0.25) is 0 Å². The number of methoxy groups -OCH3 is 2. The summed E-state index contributed by atoms with van der Waals surface area (Å²) in [7, 11) is 3.21. The van der Waals surface area contributed by atoms with Crippen LogP contribution in [0.1, 0.15) is 27.0 Å². The third kappa shape index (κ3) is 4.61. The summed E-state index contributed by atoms with van der Waals surface area (Å²) >= 11 is 0. The van der Waals surface area contributed by atoms with Gasteiger partial charge in [0.1, 0.15) is 0 Å². The van der Waals surface area contributed by atoms with E-state index in [1.165, 1.54) is 11.1 Å². The molecule has 0 saturated carbocycles. The van der Waals surface area contributed by atoms with Gasteiger partial charge in [-0.25, -0.2) is 4.57 Å². The van der Waals surface area contributed by atoms with Crippen molar-refractivity contribution in [1.82, 2.24) is 0 Å². The summed E-state index contributed by atoms with van der Waals surface area (Å²) in [5, 5.41) is 0. The van der Waals surface area contributed by atoms with E-state index in [0.29, 0.717) is 11.5 Å². The molecule has 1 aliphatic rings. The number of rotatable bonds is 6. The second-order valence-corrected chi connectivity index (χ2v) is 7.20. The van der Waals surface area contributed by atoms with Gasteiger partial charge in [0, 0.05) is 29.2 Å². The molecule has 1 atom stereocenters. The monoisotopic (exact) mass is 501 g/mol. The predicted molar refractivity (Wildman–Crippen MR) is 107 cm³/mol. The second-order valence-electron chi connectivity index (χ2n) is 7.20. The summed E-state index contributed by atoms with van der Waals surface area (Å²) in [5.41, 5.74) is 4.25. The van der Waals surface area contributed by atoms with Crippen molar-refractivity contribution in [2.45, 2.75) is 19.4 Å². The average molecular weight is 501 g/mol. The van der Waals surface area contributed by atoms with Crippen molar-refractivity contribution in [1.29, 1.82) is 0 Å². The van der Waals surface area contributed by atoms with E-state index in [1.54, 1.807) is 14.2 Å². The minimum atomic E-state index is -0.0308. The lowest BCUT2D eigenvalue weighted by Gasteiger charge is -2.09. The molecule has 2 aromatic carbocycles. The highest BCUT2D eigenvalue weighted by Crippen LogP contribution is 2.37. The number of nitrogens with zero attached hydrogens (tertiary/aromatic N) is 1. The molecule has 0 bridgehead atoms. The zero-order chi connectivity index (χ0) is 19.5. The number of ether oxygens (including phenoxy) is 2. The summed E-state index contributed by atoms with van der Waals surface area (Å²) in [5.74, 6) is 1.45. The fourth-order valence-electron chi connectivity index (χ4n) is 3.87. The molecule has 0 amide bonds. The average Bonchev–Trinajstić information content (AvgIpc) is 3.03. The van der Waals surface area contributed by atoms with Gasteiger partial charge in [0.15, 0.2) is 36.2 Å². The Morgan fingerprint density at radius 3 is 2.24 bits per heavy atom. The fraction of sp³-hybridized carbons (Fsp3) is 0.250. The van der Waals surface area contributed by atoms with Gasteiger partial charge >= 0.3 is 0 Å². The van der Waals surface area contributed by atoms with Gasteiger partial charge in [0.05, 0.1) is 14.2 Å².